The highest BCUT2D eigenvalue weighted by molar-refractivity contribution is 7.18. The molecule has 3 aromatic rings. The molecule has 2 heterocycles. The predicted molar refractivity (Wildman–Crippen MR) is 116 cm³/mol. The number of carbonyl (C=O) groups is 2. The molecule has 1 saturated heterocycles. The van der Waals surface area contributed by atoms with E-state index in [0.29, 0.717) is 28.7 Å². The third-order valence-electron chi connectivity index (χ3n) is 5.11. The number of hydrogen-bond donors (Lipinski definition) is 1. The molecule has 154 valence electrons. The van der Waals surface area contributed by atoms with Crippen LogP contribution < -0.4 is 10.1 Å². The van der Waals surface area contributed by atoms with Crippen molar-refractivity contribution in [1.82, 2.24) is 15.1 Å². The van der Waals surface area contributed by atoms with Crippen LogP contribution in [-0.4, -0.2) is 46.6 Å². The number of benzene rings is 2. The Morgan fingerprint density at radius 3 is 2.53 bits per heavy atom. The predicted octanol–water partition coefficient (Wildman–Crippen LogP) is 3.77. The molecule has 1 N–H and O–H groups in total. The van der Waals surface area contributed by atoms with Crippen LogP contribution in [0.4, 0.5) is 5.13 Å². The van der Waals surface area contributed by atoms with E-state index >= 15 is 0 Å². The Hall–Kier alpha value is -3.26. The van der Waals surface area contributed by atoms with Crippen molar-refractivity contribution in [3.05, 3.63) is 59.7 Å². The van der Waals surface area contributed by atoms with Gasteiger partial charge in [-0.3, -0.25) is 14.9 Å². The summed E-state index contributed by atoms with van der Waals surface area (Å²) >= 11 is 1.30. The number of ether oxygens (including phenoxy) is 1. The van der Waals surface area contributed by atoms with E-state index in [1.54, 1.807) is 24.1 Å². The van der Waals surface area contributed by atoms with Gasteiger partial charge in [0.1, 0.15) is 16.8 Å². The number of likely N-dealkylation sites (tertiary alicyclic amines) is 1. The van der Waals surface area contributed by atoms with Crippen molar-refractivity contribution in [2.24, 2.45) is 0 Å². The molecule has 1 fully saturated rings. The smallest absolute Gasteiger partial charge is 0.254 e. The molecule has 0 saturated carbocycles. The third kappa shape index (κ3) is 4.18. The Bertz CT molecular complexity index is 1050. The van der Waals surface area contributed by atoms with Gasteiger partial charge in [-0.15, -0.1) is 10.2 Å². The lowest BCUT2D eigenvalue weighted by Crippen LogP contribution is -2.43. The van der Waals surface area contributed by atoms with Gasteiger partial charge in [-0.25, -0.2) is 0 Å². The van der Waals surface area contributed by atoms with Gasteiger partial charge in [-0.05, 0) is 56.2 Å². The number of amides is 2. The van der Waals surface area contributed by atoms with E-state index < -0.39 is 6.04 Å². The van der Waals surface area contributed by atoms with Crippen LogP contribution in [0.1, 0.15) is 28.8 Å². The highest BCUT2D eigenvalue weighted by Crippen LogP contribution is 2.29. The topological polar surface area (TPSA) is 84.4 Å². The Balaban J connectivity index is 1.44. The average Bonchev–Trinajstić information content (AvgIpc) is 3.44. The number of aryl methyl sites for hydroxylation is 1. The molecule has 1 atom stereocenters. The van der Waals surface area contributed by atoms with E-state index in [4.69, 9.17) is 4.74 Å². The molecule has 7 nitrogen and oxygen atoms in total. The van der Waals surface area contributed by atoms with Crippen molar-refractivity contribution < 1.29 is 14.3 Å². The fourth-order valence-corrected chi connectivity index (χ4v) is 4.21. The van der Waals surface area contributed by atoms with Crippen LogP contribution in [0.5, 0.6) is 5.75 Å². The minimum atomic E-state index is -0.507. The summed E-state index contributed by atoms with van der Waals surface area (Å²) < 4.78 is 5.17. The highest BCUT2D eigenvalue weighted by atomic mass is 32.1. The monoisotopic (exact) mass is 422 g/mol. The molecule has 0 bridgehead atoms. The first-order chi connectivity index (χ1) is 14.5. The van der Waals surface area contributed by atoms with Gasteiger partial charge in [-0.1, -0.05) is 29.0 Å². The second kappa shape index (κ2) is 8.62. The Kier molecular flexibility index (Phi) is 5.76. The number of aromatic nitrogens is 2. The minimum Gasteiger partial charge on any atom is -0.497 e. The van der Waals surface area contributed by atoms with Crippen LogP contribution in [-0.2, 0) is 4.79 Å². The van der Waals surface area contributed by atoms with Gasteiger partial charge in [0, 0.05) is 17.7 Å². The molecule has 0 spiro atoms. The zero-order valence-corrected chi connectivity index (χ0v) is 17.6. The Labute approximate surface area is 178 Å². The van der Waals surface area contributed by atoms with Crippen LogP contribution in [0.2, 0.25) is 0 Å². The third-order valence-corrected chi connectivity index (χ3v) is 5.99. The lowest BCUT2D eigenvalue weighted by Gasteiger charge is -2.23. The SMILES string of the molecule is COc1ccc(-c2nnc(NC(=O)C3CCCN3C(=O)c3ccc(C)cc3)s2)cc1. The second-order valence-corrected chi connectivity index (χ2v) is 8.13. The summed E-state index contributed by atoms with van der Waals surface area (Å²) in [6, 6.07) is 14.4. The molecule has 2 aromatic carbocycles. The van der Waals surface area contributed by atoms with Gasteiger partial charge in [-0.2, -0.15) is 0 Å². The second-order valence-electron chi connectivity index (χ2n) is 7.15. The van der Waals surface area contributed by atoms with Crippen LogP contribution in [0.15, 0.2) is 48.5 Å². The van der Waals surface area contributed by atoms with Gasteiger partial charge in [0.25, 0.3) is 5.91 Å². The number of nitrogens with zero attached hydrogens (tertiary/aromatic N) is 3. The van der Waals surface area contributed by atoms with Crippen LogP contribution in [0.3, 0.4) is 0 Å². The van der Waals surface area contributed by atoms with E-state index in [2.05, 4.69) is 15.5 Å². The summed E-state index contributed by atoms with van der Waals surface area (Å²) in [4.78, 5) is 27.4. The molecule has 1 unspecified atom stereocenters. The number of rotatable bonds is 5. The first kappa shape index (κ1) is 20.0. The van der Waals surface area contributed by atoms with Gasteiger partial charge in [0.15, 0.2) is 0 Å². The molecule has 8 heteroatoms. The van der Waals surface area contributed by atoms with Crippen molar-refractivity contribution in [1.29, 1.82) is 0 Å². The lowest BCUT2D eigenvalue weighted by molar-refractivity contribution is -0.119. The summed E-state index contributed by atoms with van der Waals surface area (Å²) in [5.74, 6) is 0.408. The fourth-order valence-electron chi connectivity index (χ4n) is 3.46. The lowest BCUT2D eigenvalue weighted by atomic mass is 10.1. The maximum absolute atomic E-state index is 12.9. The molecular weight excluding hydrogens is 400 g/mol. The summed E-state index contributed by atoms with van der Waals surface area (Å²) in [6.45, 7) is 2.54. The fraction of sp³-hybridized carbons (Fsp3) is 0.273. The first-order valence-corrected chi connectivity index (χ1v) is 10.5. The number of nitrogens with one attached hydrogen (secondary N) is 1. The molecule has 4 rings (SSSR count). The molecule has 30 heavy (non-hydrogen) atoms. The van der Waals surface area contributed by atoms with Crippen molar-refractivity contribution in [3.8, 4) is 16.3 Å². The minimum absolute atomic E-state index is 0.121. The summed E-state index contributed by atoms with van der Waals surface area (Å²) in [5, 5.41) is 12.2. The standard InChI is InChI=1S/C22H22N4O3S/c1-14-5-7-16(8-6-14)21(28)26-13-3-4-18(26)19(27)23-22-25-24-20(30-22)15-9-11-17(29-2)12-10-15/h5-12,18H,3-4,13H2,1-2H3,(H,23,25,27). The zero-order valence-electron chi connectivity index (χ0n) is 16.8. The van der Waals surface area contributed by atoms with Gasteiger partial charge < -0.3 is 9.64 Å². The summed E-state index contributed by atoms with van der Waals surface area (Å²) in [5.41, 5.74) is 2.58. The zero-order chi connectivity index (χ0) is 21.1. The Morgan fingerprint density at radius 2 is 1.83 bits per heavy atom. The van der Waals surface area contributed by atoms with Crippen LogP contribution >= 0.6 is 11.3 Å². The summed E-state index contributed by atoms with van der Waals surface area (Å²) in [6.07, 6.45) is 1.43. The Morgan fingerprint density at radius 1 is 1.10 bits per heavy atom. The van der Waals surface area contributed by atoms with Crippen molar-refractivity contribution in [2.75, 3.05) is 19.0 Å². The number of methoxy groups -OCH3 is 1. The molecule has 1 aromatic heterocycles. The molecule has 0 aliphatic carbocycles. The molecular formula is C22H22N4O3S. The number of carbonyl (C=O) groups excluding carboxylic acids is 2. The maximum atomic E-state index is 12.9. The molecule has 0 radical (unpaired) electrons. The highest BCUT2D eigenvalue weighted by Gasteiger charge is 2.35. The molecule has 1 aliphatic rings. The largest absolute Gasteiger partial charge is 0.497 e. The number of anilines is 1. The molecule has 1 aliphatic heterocycles. The normalized spacial score (nSPS) is 15.8. The van der Waals surface area contributed by atoms with E-state index in [1.165, 1.54) is 11.3 Å². The van der Waals surface area contributed by atoms with Gasteiger partial charge in [0.2, 0.25) is 11.0 Å². The van der Waals surface area contributed by atoms with Crippen LogP contribution in [0, 0.1) is 6.92 Å². The first-order valence-electron chi connectivity index (χ1n) is 9.71. The average molecular weight is 423 g/mol. The van der Waals surface area contributed by atoms with E-state index in [1.807, 2.05) is 43.3 Å². The van der Waals surface area contributed by atoms with Crippen molar-refractivity contribution in [2.45, 2.75) is 25.8 Å². The van der Waals surface area contributed by atoms with E-state index in [0.717, 1.165) is 23.3 Å². The van der Waals surface area contributed by atoms with Gasteiger partial charge >= 0.3 is 0 Å². The number of hydrogen-bond acceptors (Lipinski definition) is 6. The van der Waals surface area contributed by atoms with Crippen molar-refractivity contribution in [3.63, 3.8) is 0 Å². The van der Waals surface area contributed by atoms with Gasteiger partial charge in [0.05, 0.1) is 7.11 Å². The maximum Gasteiger partial charge on any atom is 0.254 e. The van der Waals surface area contributed by atoms with Crippen LogP contribution in [0.25, 0.3) is 10.6 Å². The summed E-state index contributed by atoms with van der Waals surface area (Å²) in [7, 11) is 1.61. The van der Waals surface area contributed by atoms with E-state index in [9.17, 15) is 9.59 Å². The molecule has 2 amide bonds. The van der Waals surface area contributed by atoms with E-state index in [-0.39, 0.29) is 11.8 Å². The van der Waals surface area contributed by atoms with Crippen molar-refractivity contribution >= 4 is 28.3 Å². The quantitative estimate of drug-likeness (QED) is 0.677.